The van der Waals surface area contributed by atoms with Crippen molar-refractivity contribution in [2.45, 2.75) is 79.1 Å². The molecule has 0 fully saturated rings. The van der Waals surface area contributed by atoms with Crippen LogP contribution in [0.2, 0.25) is 0 Å². The molecule has 0 aromatic heterocycles. The number of nitrogens with zero attached hydrogens (tertiary/aromatic N) is 2. The summed E-state index contributed by atoms with van der Waals surface area (Å²) in [5, 5.41) is 15.1. The molecule has 172 valence electrons. The molecule has 5 heteroatoms. The zero-order chi connectivity index (χ0) is 24.0. The molecule has 0 radical (unpaired) electrons. The number of aliphatic imine (C=N–C) groups is 1. The Morgan fingerprint density at radius 1 is 0.812 bits per heavy atom. The zero-order valence-electron chi connectivity index (χ0n) is 20.6. The highest BCUT2D eigenvalue weighted by Crippen LogP contribution is 2.35. The normalized spacial score (nSPS) is 12.6. The van der Waals surface area contributed by atoms with Gasteiger partial charge in [0.1, 0.15) is 6.21 Å². The van der Waals surface area contributed by atoms with Crippen LogP contribution in [-0.2, 0) is 0 Å². The highest BCUT2D eigenvalue weighted by Gasteiger charge is 2.16. The van der Waals surface area contributed by atoms with Gasteiger partial charge in [-0.3, -0.25) is 10.1 Å². The summed E-state index contributed by atoms with van der Waals surface area (Å²) in [6, 6.07) is 12.3. The lowest BCUT2D eigenvalue weighted by atomic mass is 9.93. The van der Waals surface area contributed by atoms with Crippen LogP contribution < -0.4 is 5.32 Å². The molecule has 0 aliphatic heterocycles. The van der Waals surface area contributed by atoms with Gasteiger partial charge in [0.25, 0.3) is 0 Å². The monoisotopic (exact) mass is 435 g/mol. The van der Waals surface area contributed by atoms with Gasteiger partial charge in [-0.2, -0.15) is 0 Å². The summed E-state index contributed by atoms with van der Waals surface area (Å²) in [5.74, 6) is 1.13. The second kappa shape index (κ2) is 11.1. The number of benzene rings is 2. The number of hydrogen-bond acceptors (Lipinski definition) is 4. The van der Waals surface area contributed by atoms with Gasteiger partial charge in [0.15, 0.2) is 0 Å². The van der Waals surface area contributed by atoms with Crippen LogP contribution in [0.5, 0.6) is 0 Å². The number of hydrogen-bond donors (Lipinski definition) is 1. The molecule has 0 saturated carbocycles. The van der Waals surface area contributed by atoms with E-state index in [2.05, 4.69) is 77.8 Å². The summed E-state index contributed by atoms with van der Waals surface area (Å²) in [5.41, 5.74) is 6.15. The second-order valence-electron chi connectivity index (χ2n) is 9.44. The first-order valence-electron chi connectivity index (χ1n) is 11.4. The van der Waals surface area contributed by atoms with Gasteiger partial charge in [0.2, 0.25) is 0 Å². The van der Waals surface area contributed by atoms with Crippen LogP contribution in [0.4, 0.5) is 11.4 Å². The molecule has 0 bridgehead atoms. The summed E-state index contributed by atoms with van der Waals surface area (Å²) in [6.07, 6.45) is 2.83. The quantitative estimate of drug-likeness (QED) is 0.246. The maximum Gasteiger partial charge on any atom is 0.303 e. The van der Waals surface area contributed by atoms with Crippen molar-refractivity contribution in [1.82, 2.24) is 0 Å². The van der Waals surface area contributed by atoms with Crippen molar-refractivity contribution in [3.63, 3.8) is 0 Å². The van der Waals surface area contributed by atoms with Crippen LogP contribution in [0.1, 0.15) is 101 Å². The average Bonchev–Trinajstić information content (AvgIpc) is 2.72. The van der Waals surface area contributed by atoms with Crippen molar-refractivity contribution < 1.29 is 4.92 Å². The molecule has 0 heterocycles. The highest BCUT2D eigenvalue weighted by atomic mass is 16.6. The van der Waals surface area contributed by atoms with Gasteiger partial charge in [-0.15, -0.1) is 0 Å². The first-order chi connectivity index (χ1) is 15.0. The molecule has 0 unspecified atom stereocenters. The minimum absolute atomic E-state index is 0.0773. The fourth-order valence-electron chi connectivity index (χ4n) is 3.79. The number of anilines is 1. The Balaban J connectivity index is 2.51. The van der Waals surface area contributed by atoms with Gasteiger partial charge in [-0.1, -0.05) is 91.8 Å². The van der Waals surface area contributed by atoms with Crippen LogP contribution >= 0.6 is 0 Å². The number of nitro groups is 1. The van der Waals surface area contributed by atoms with E-state index in [-0.39, 0.29) is 17.5 Å². The number of para-hydroxylation sites is 2. The summed E-state index contributed by atoms with van der Waals surface area (Å²) in [4.78, 5) is 16.1. The van der Waals surface area contributed by atoms with Crippen molar-refractivity contribution in [3.8, 4) is 0 Å². The van der Waals surface area contributed by atoms with Crippen molar-refractivity contribution in [3.05, 3.63) is 80.7 Å². The number of allylic oxidation sites excluding steroid dienone is 1. The molecule has 32 heavy (non-hydrogen) atoms. The van der Waals surface area contributed by atoms with Gasteiger partial charge >= 0.3 is 5.70 Å². The van der Waals surface area contributed by atoms with Crippen LogP contribution in [0.15, 0.2) is 53.3 Å². The molecule has 0 spiro atoms. The lowest BCUT2D eigenvalue weighted by molar-refractivity contribution is -0.414. The predicted molar refractivity (Wildman–Crippen MR) is 136 cm³/mol. The van der Waals surface area contributed by atoms with Gasteiger partial charge in [0.05, 0.1) is 16.8 Å². The third-order valence-electron chi connectivity index (χ3n) is 5.62. The third-order valence-corrected chi connectivity index (χ3v) is 5.62. The molecule has 0 atom stereocenters. The van der Waals surface area contributed by atoms with Crippen LogP contribution in [0.3, 0.4) is 0 Å². The molecule has 0 aliphatic carbocycles. The minimum Gasteiger partial charge on any atom is -0.355 e. The van der Waals surface area contributed by atoms with E-state index >= 15 is 0 Å². The van der Waals surface area contributed by atoms with Crippen molar-refractivity contribution in [1.29, 1.82) is 0 Å². The Hall–Kier alpha value is -2.95. The summed E-state index contributed by atoms with van der Waals surface area (Å²) < 4.78 is 0. The van der Waals surface area contributed by atoms with E-state index in [9.17, 15) is 10.1 Å². The van der Waals surface area contributed by atoms with Crippen molar-refractivity contribution in [2.75, 3.05) is 5.32 Å². The topological polar surface area (TPSA) is 67.5 Å². The van der Waals surface area contributed by atoms with E-state index in [1.54, 1.807) is 0 Å². The molecule has 0 aliphatic rings. The average molecular weight is 436 g/mol. The lowest BCUT2D eigenvalue weighted by Gasteiger charge is -2.19. The van der Waals surface area contributed by atoms with Crippen LogP contribution in [-0.4, -0.2) is 11.1 Å². The molecule has 0 amide bonds. The molecule has 2 aromatic rings. The second-order valence-corrected chi connectivity index (χ2v) is 9.44. The Labute approximate surface area is 192 Å². The molecule has 2 rings (SSSR count). The summed E-state index contributed by atoms with van der Waals surface area (Å²) in [7, 11) is 0. The summed E-state index contributed by atoms with van der Waals surface area (Å²) >= 11 is 0. The van der Waals surface area contributed by atoms with Gasteiger partial charge < -0.3 is 5.32 Å². The van der Waals surface area contributed by atoms with E-state index in [1.807, 2.05) is 24.3 Å². The Bertz CT molecular complexity index is 949. The van der Waals surface area contributed by atoms with Crippen LogP contribution in [0.25, 0.3) is 0 Å². The van der Waals surface area contributed by atoms with Gasteiger partial charge in [-0.25, -0.2) is 4.99 Å². The fraction of sp³-hybridized carbons (Fsp3) is 0.444. The predicted octanol–water partition coefficient (Wildman–Crippen LogP) is 8.11. The Morgan fingerprint density at radius 3 is 1.59 bits per heavy atom. The van der Waals surface area contributed by atoms with Crippen molar-refractivity contribution >= 4 is 17.6 Å². The lowest BCUT2D eigenvalue weighted by Crippen LogP contribution is -2.07. The van der Waals surface area contributed by atoms with E-state index in [1.165, 1.54) is 12.4 Å². The molecule has 1 N–H and O–H groups in total. The molecular formula is C27H37N3O2. The van der Waals surface area contributed by atoms with Gasteiger partial charge in [-0.05, 0) is 45.9 Å². The molecular weight excluding hydrogens is 398 g/mol. The maximum atomic E-state index is 11.8. The minimum atomic E-state index is -0.392. The van der Waals surface area contributed by atoms with E-state index in [0.29, 0.717) is 11.8 Å². The Morgan fingerprint density at radius 2 is 1.22 bits per heavy atom. The zero-order valence-corrected chi connectivity index (χ0v) is 20.6. The number of nitrogens with one attached hydrogen (secondary N) is 1. The van der Waals surface area contributed by atoms with E-state index in [4.69, 9.17) is 0 Å². The third kappa shape index (κ3) is 6.06. The fourth-order valence-corrected chi connectivity index (χ4v) is 3.79. The SMILES string of the molecule is CC(C)c1cccc(C(C)C)c1N=C/C(=C/Nc1c(C(C)C)cccc1C(C)C)[N+](=O)[O-]. The largest absolute Gasteiger partial charge is 0.355 e. The van der Waals surface area contributed by atoms with E-state index in [0.717, 1.165) is 33.6 Å². The summed E-state index contributed by atoms with van der Waals surface area (Å²) in [6.45, 7) is 16.9. The number of rotatable bonds is 9. The molecule has 0 saturated heterocycles. The highest BCUT2D eigenvalue weighted by molar-refractivity contribution is 5.80. The van der Waals surface area contributed by atoms with E-state index < -0.39 is 4.92 Å². The first kappa shape index (κ1) is 25.3. The first-order valence-corrected chi connectivity index (χ1v) is 11.4. The molecule has 2 aromatic carbocycles. The van der Waals surface area contributed by atoms with Crippen LogP contribution in [0, 0.1) is 10.1 Å². The molecule has 5 nitrogen and oxygen atoms in total. The maximum absolute atomic E-state index is 11.8. The smallest absolute Gasteiger partial charge is 0.303 e. The van der Waals surface area contributed by atoms with Crippen molar-refractivity contribution in [2.24, 2.45) is 4.99 Å². The van der Waals surface area contributed by atoms with Gasteiger partial charge in [0, 0.05) is 5.69 Å². The Kier molecular flexibility index (Phi) is 8.76. The standard InChI is InChI=1S/C27H37N3O2/c1-17(2)22-11-9-12-23(18(3)4)26(22)28-15-21(30(31)32)16-29-27-24(19(5)6)13-10-14-25(27)20(7)8/h9-20,28H,1-8H3/b21-15-,29-16?.